The molecule has 0 aliphatic heterocycles. The van der Waals surface area contributed by atoms with E-state index in [1.807, 2.05) is 19.9 Å². The van der Waals surface area contributed by atoms with Gasteiger partial charge in [-0.15, -0.1) is 0 Å². The Bertz CT molecular complexity index is 548. The van der Waals surface area contributed by atoms with Crippen molar-refractivity contribution in [2.75, 3.05) is 11.5 Å². The smallest absolute Gasteiger partial charge is 0.208 e. The highest BCUT2D eigenvalue weighted by Crippen LogP contribution is 2.19. The lowest BCUT2D eigenvalue weighted by Crippen LogP contribution is -2.06. The normalized spacial score (nSPS) is 13.4. The van der Waals surface area contributed by atoms with Crippen LogP contribution in [0.5, 0.6) is 0 Å². The Kier molecular flexibility index (Phi) is 3.47. The van der Waals surface area contributed by atoms with Gasteiger partial charge in [-0.25, -0.2) is 4.98 Å². The monoisotopic (exact) mass is 252 g/mol. The predicted molar refractivity (Wildman–Crippen MR) is 70.0 cm³/mol. The average Bonchev–Trinajstić information content (AvgIpc) is 2.57. The molecule has 5 heteroatoms. The van der Waals surface area contributed by atoms with Crippen LogP contribution in [-0.4, -0.2) is 14.9 Å². The Balaban J connectivity index is 2.17. The van der Waals surface area contributed by atoms with Gasteiger partial charge in [0.05, 0.1) is 0 Å². The molecule has 1 heterocycles. The van der Waals surface area contributed by atoms with Crippen molar-refractivity contribution < 1.29 is 8.63 Å². The number of nitrogens with zero attached hydrogens (tertiary/aromatic N) is 1. The van der Waals surface area contributed by atoms with Crippen LogP contribution in [0, 0.1) is 5.92 Å². The van der Waals surface area contributed by atoms with Gasteiger partial charge in [-0.05, 0) is 18.1 Å². The highest BCUT2D eigenvalue weighted by atomic mass is 32.2. The van der Waals surface area contributed by atoms with Gasteiger partial charge in [-0.2, -0.15) is 0 Å². The minimum absolute atomic E-state index is 0.368. The van der Waals surface area contributed by atoms with Gasteiger partial charge in [0.25, 0.3) is 0 Å². The third-order valence-corrected chi connectivity index (χ3v) is 3.87. The largest absolute Gasteiger partial charge is 0.440 e. The van der Waals surface area contributed by atoms with Crippen molar-refractivity contribution in [2.24, 2.45) is 5.92 Å². The van der Waals surface area contributed by atoms with Crippen LogP contribution in [0.15, 0.2) is 22.6 Å². The van der Waals surface area contributed by atoms with Crippen molar-refractivity contribution in [1.29, 1.82) is 0 Å². The second kappa shape index (κ2) is 4.87. The number of hydrogen-bond donors (Lipinski definition) is 1. The first kappa shape index (κ1) is 12.1. The molecule has 1 atom stereocenters. The Morgan fingerprint density at radius 3 is 2.94 bits per heavy atom. The van der Waals surface area contributed by atoms with E-state index in [0.29, 0.717) is 34.6 Å². The summed E-state index contributed by atoms with van der Waals surface area (Å²) in [6.45, 7) is 4.09. The van der Waals surface area contributed by atoms with Gasteiger partial charge in [0, 0.05) is 28.3 Å². The number of oxazole rings is 1. The molecule has 2 aromatic rings. The number of rotatable bonds is 4. The second-order valence-electron chi connectivity index (χ2n) is 4.48. The highest BCUT2D eigenvalue weighted by Gasteiger charge is 2.10. The molecular formula is C12H16N2O2S. The summed E-state index contributed by atoms with van der Waals surface area (Å²) in [6, 6.07) is 5.32. The molecule has 1 unspecified atom stereocenters. The second-order valence-corrected chi connectivity index (χ2v) is 5.98. The number of anilines is 1. The molecule has 0 bridgehead atoms. The van der Waals surface area contributed by atoms with Crippen molar-refractivity contribution in [3.63, 3.8) is 0 Å². The molecule has 0 aliphatic rings. The third-order valence-electron chi connectivity index (χ3n) is 2.26. The fourth-order valence-corrected chi connectivity index (χ4v) is 2.88. The van der Waals surface area contributed by atoms with Crippen molar-refractivity contribution in [2.45, 2.75) is 19.6 Å². The summed E-state index contributed by atoms with van der Waals surface area (Å²) in [5, 5.41) is 0. The van der Waals surface area contributed by atoms with E-state index in [9.17, 15) is 4.21 Å². The lowest BCUT2D eigenvalue weighted by molar-refractivity contribution is 0.551. The average molecular weight is 252 g/mol. The Morgan fingerprint density at radius 2 is 2.24 bits per heavy atom. The van der Waals surface area contributed by atoms with Gasteiger partial charge in [-0.1, -0.05) is 13.8 Å². The first-order valence-electron chi connectivity index (χ1n) is 5.54. The molecule has 0 saturated heterocycles. The molecule has 0 spiro atoms. The van der Waals surface area contributed by atoms with Crippen LogP contribution >= 0.6 is 0 Å². The Labute approximate surface area is 103 Å². The highest BCUT2D eigenvalue weighted by molar-refractivity contribution is 7.84. The van der Waals surface area contributed by atoms with E-state index in [4.69, 9.17) is 10.2 Å². The summed E-state index contributed by atoms with van der Waals surface area (Å²) in [7, 11) is -0.921. The maximum atomic E-state index is 11.8. The fraction of sp³-hybridized carbons (Fsp3) is 0.417. The van der Waals surface area contributed by atoms with Gasteiger partial charge >= 0.3 is 0 Å². The SMILES string of the molecule is CC(C)CS(=O)Cc1nc2ccc(N)cc2o1. The van der Waals surface area contributed by atoms with E-state index in [1.165, 1.54) is 0 Å². The molecule has 4 nitrogen and oxygen atoms in total. The number of fused-ring (bicyclic) bond motifs is 1. The van der Waals surface area contributed by atoms with E-state index in [2.05, 4.69) is 4.98 Å². The zero-order chi connectivity index (χ0) is 12.4. The molecule has 92 valence electrons. The molecule has 0 radical (unpaired) electrons. The summed E-state index contributed by atoms with van der Waals surface area (Å²) in [6.07, 6.45) is 0. The van der Waals surface area contributed by atoms with Gasteiger partial charge < -0.3 is 10.2 Å². The molecule has 0 fully saturated rings. The molecule has 0 amide bonds. The molecule has 1 aromatic carbocycles. The molecule has 2 rings (SSSR count). The molecule has 17 heavy (non-hydrogen) atoms. The minimum atomic E-state index is -0.921. The van der Waals surface area contributed by atoms with Crippen LogP contribution < -0.4 is 5.73 Å². The van der Waals surface area contributed by atoms with E-state index in [-0.39, 0.29) is 0 Å². The van der Waals surface area contributed by atoms with E-state index in [0.717, 1.165) is 5.52 Å². The minimum Gasteiger partial charge on any atom is -0.440 e. The van der Waals surface area contributed by atoms with Crippen LogP contribution in [0.1, 0.15) is 19.7 Å². The zero-order valence-electron chi connectivity index (χ0n) is 9.97. The van der Waals surface area contributed by atoms with Gasteiger partial charge in [0.15, 0.2) is 5.58 Å². The van der Waals surface area contributed by atoms with E-state index >= 15 is 0 Å². The molecule has 1 aromatic heterocycles. The Hall–Kier alpha value is -1.36. The van der Waals surface area contributed by atoms with Gasteiger partial charge in [0.2, 0.25) is 5.89 Å². The maximum absolute atomic E-state index is 11.8. The summed E-state index contributed by atoms with van der Waals surface area (Å²) in [5.41, 5.74) is 7.71. The van der Waals surface area contributed by atoms with Crippen LogP contribution in [0.25, 0.3) is 11.1 Å². The number of aromatic nitrogens is 1. The van der Waals surface area contributed by atoms with Gasteiger partial charge in [-0.3, -0.25) is 4.21 Å². The summed E-state index contributed by atoms with van der Waals surface area (Å²) in [5.74, 6) is 1.97. The predicted octanol–water partition coefficient (Wildman–Crippen LogP) is 2.31. The number of nitrogen functional groups attached to an aromatic ring is 1. The zero-order valence-corrected chi connectivity index (χ0v) is 10.8. The van der Waals surface area contributed by atoms with E-state index in [1.54, 1.807) is 12.1 Å². The molecule has 0 saturated carbocycles. The summed E-state index contributed by atoms with van der Waals surface area (Å²) in [4.78, 5) is 4.29. The van der Waals surface area contributed by atoms with Crippen LogP contribution in [0.3, 0.4) is 0 Å². The number of hydrogen-bond acceptors (Lipinski definition) is 4. The van der Waals surface area contributed by atoms with Gasteiger partial charge in [0.1, 0.15) is 11.3 Å². The maximum Gasteiger partial charge on any atom is 0.208 e. The number of nitrogens with two attached hydrogens (primary N) is 1. The third kappa shape index (κ3) is 3.06. The lowest BCUT2D eigenvalue weighted by Gasteiger charge is -2.01. The van der Waals surface area contributed by atoms with Crippen molar-refractivity contribution in [3.05, 3.63) is 24.1 Å². The van der Waals surface area contributed by atoms with Crippen molar-refractivity contribution in [3.8, 4) is 0 Å². The van der Waals surface area contributed by atoms with E-state index < -0.39 is 10.8 Å². The molecule has 2 N–H and O–H groups in total. The first-order valence-corrected chi connectivity index (χ1v) is 7.03. The molecule has 0 aliphatic carbocycles. The summed E-state index contributed by atoms with van der Waals surface area (Å²) >= 11 is 0. The fourth-order valence-electron chi connectivity index (χ4n) is 1.62. The quantitative estimate of drug-likeness (QED) is 0.848. The Morgan fingerprint density at radius 1 is 1.47 bits per heavy atom. The number of benzene rings is 1. The van der Waals surface area contributed by atoms with Crippen LogP contribution in [-0.2, 0) is 16.6 Å². The first-order chi connectivity index (χ1) is 8.04. The standard InChI is InChI=1S/C12H16N2O2S/c1-8(2)6-17(15)7-12-14-10-4-3-9(13)5-11(10)16-12/h3-5,8H,6-7,13H2,1-2H3. The van der Waals surface area contributed by atoms with Crippen LogP contribution in [0.2, 0.25) is 0 Å². The topological polar surface area (TPSA) is 69.1 Å². The van der Waals surface area contributed by atoms with Crippen molar-refractivity contribution in [1.82, 2.24) is 4.98 Å². The molecular weight excluding hydrogens is 236 g/mol. The van der Waals surface area contributed by atoms with Crippen molar-refractivity contribution >= 4 is 27.6 Å². The lowest BCUT2D eigenvalue weighted by atomic mass is 10.3. The summed E-state index contributed by atoms with van der Waals surface area (Å²) < 4.78 is 17.3. The van der Waals surface area contributed by atoms with Crippen LogP contribution in [0.4, 0.5) is 5.69 Å².